The van der Waals surface area contributed by atoms with Gasteiger partial charge in [0.1, 0.15) is 12.4 Å². The Morgan fingerprint density at radius 3 is 2.38 bits per heavy atom. The van der Waals surface area contributed by atoms with E-state index in [2.05, 4.69) is 15.9 Å². The molecule has 0 aromatic heterocycles. The maximum absolute atomic E-state index is 5.12. The number of ether oxygens (including phenoxy) is 2. The monoisotopic (exact) mass is 240 g/mol. The van der Waals surface area contributed by atoms with Gasteiger partial charge >= 0.3 is 0 Å². The predicted octanol–water partition coefficient (Wildman–Crippen LogP) is 2.79. The lowest BCUT2D eigenvalue weighted by molar-refractivity contribution is 0.246. The highest BCUT2D eigenvalue weighted by molar-refractivity contribution is 9.11. The Bertz CT molecular complexity index is 340. The molecular formula is C10H9BrO2. The van der Waals surface area contributed by atoms with Gasteiger partial charge in [-0.3, -0.25) is 0 Å². The molecule has 0 saturated carbocycles. The molecule has 0 spiro atoms. The number of hydrogen-bond acceptors (Lipinski definition) is 2. The maximum atomic E-state index is 5.12. The average Bonchev–Trinajstić information content (AvgIpc) is 2.17. The van der Waals surface area contributed by atoms with Gasteiger partial charge in [-0.1, -0.05) is 12.1 Å². The maximum Gasteiger partial charge on any atom is 0.169 e. The Kier molecular flexibility index (Phi) is 2.27. The quantitative estimate of drug-likeness (QED) is 0.792. The van der Waals surface area contributed by atoms with Gasteiger partial charge in [0.25, 0.3) is 0 Å². The van der Waals surface area contributed by atoms with E-state index in [1.807, 2.05) is 24.3 Å². The third-order valence-electron chi connectivity index (χ3n) is 2.02. The van der Waals surface area contributed by atoms with Gasteiger partial charge in [0.05, 0.1) is 7.11 Å². The van der Waals surface area contributed by atoms with E-state index in [4.69, 9.17) is 9.47 Å². The predicted molar refractivity (Wildman–Crippen MR) is 54.8 cm³/mol. The first-order valence-electron chi connectivity index (χ1n) is 3.97. The molecule has 1 aliphatic rings. The van der Waals surface area contributed by atoms with E-state index < -0.39 is 0 Å². The molecule has 0 saturated heterocycles. The zero-order valence-electron chi connectivity index (χ0n) is 7.21. The van der Waals surface area contributed by atoms with Crippen LogP contribution in [0.2, 0.25) is 0 Å². The number of methoxy groups -OCH3 is 1. The lowest BCUT2D eigenvalue weighted by Gasteiger charge is -2.20. The van der Waals surface area contributed by atoms with Gasteiger partial charge in [0.2, 0.25) is 0 Å². The summed E-state index contributed by atoms with van der Waals surface area (Å²) in [5.74, 6) is 0.876. The van der Waals surface area contributed by atoms with Crippen molar-refractivity contribution >= 4 is 21.5 Å². The van der Waals surface area contributed by atoms with Crippen LogP contribution in [0.5, 0.6) is 5.75 Å². The molecule has 13 heavy (non-hydrogen) atoms. The minimum atomic E-state index is 0.687. The van der Waals surface area contributed by atoms with E-state index in [-0.39, 0.29) is 0 Å². The van der Waals surface area contributed by atoms with Crippen LogP contribution >= 0.6 is 15.9 Å². The molecule has 0 atom stereocenters. The van der Waals surface area contributed by atoms with Gasteiger partial charge in [-0.05, 0) is 33.6 Å². The van der Waals surface area contributed by atoms with E-state index in [9.17, 15) is 0 Å². The largest absolute Gasteiger partial charge is 0.497 e. The number of hydrogen-bond donors (Lipinski definition) is 0. The van der Waals surface area contributed by atoms with Crippen molar-refractivity contribution < 1.29 is 9.47 Å². The van der Waals surface area contributed by atoms with E-state index in [1.165, 1.54) is 11.1 Å². The molecule has 0 bridgehead atoms. The fourth-order valence-corrected chi connectivity index (χ4v) is 1.65. The Balaban J connectivity index is 2.28. The first kappa shape index (κ1) is 8.63. The fourth-order valence-electron chi connectivity index (χ4n) is 1.19. The van der Waals surface area contributed by atoms with E-state index in [0.717, 1.165) is 10.4 Å². The van der Waals surface area contributed by atoms with Gasteiger partial charge in [-0.15, -0.1) is 0 Å². The van der Waals surface area contributed by atoms with Gasteiger partial charge in [-0.25, -0.2) is 0 Å². The molecule has 1 aromatic rings. The second-order valence-electron chi connectivity index (χ2n) is 2.77. The standard InChI is InChI=1S/C10H9BrO2/c1-12-8-4-2-7(3-5-8)9-6-13-10(9)11/h2-5H,6H2,1H3. The van der Waals surface area contributed by atoms with Crippen molar-refractivity contribution in [3.05, 3.63) is 34.5 Å². The van der Waals surface area contributed by atoms with Crippen LogP contribution in [0, 0.1) is 0 Å². The Labute approximate surface area is 85.3 Å². The van der Waals surface area contributed by atoms with Gasteiger partial charge in [-0.2, -0.15) is 0 Å². The zero-order valence-corrected chi connectivity index (χ0v) is 8.80. The van der Waals surface area contributed by atoms with Gasteiger partial charge < -0.3 is 9.47 Å². The second kappa shape index (κ2) is 3.42. The van der Waals surface area contributed by atoms with Crippen molar-refractivity contribution in [2.24, 2.45) is 0 Å². The highest BCUT2D eigenvalue weighted by Crippen LogP contribution is 2.33. The second-order valence-corrected chi connectivity index (χ2v) is 3.49. The lowest BCUT2D eigenvalue weighted by atomic mass is 10.1. The summed E-state index contributed by atoms with van der Waals surface area (Å²) in [4.78, 5) is 0. The molecule has 2 nitrogen and oxygen atoms in total. The summed E-state index contributed by atoms with van der Waals surface area (Å²) < 4.78 is 11.0. The summed E-state index contributed by atoms with van der Waals surface area (Å²) in [5.41, 5.74) is 2.39. The van der Waals surface area contributed by atoms with Crippen LogP contribution in [0.1, 0.15) is 5.56 Å². The summed E-state index contributed by atoms with van der Waals surface area (Å²) in [6, 6.07) is 7.94. The fraction of sp³-hybridized carbons (Fsp3) is 0.200. The minimum Gasteiger partial charge on any atom is -0.497 e. The lowest BCUT2D eigenvalue weighted by Crippen LogP contribution is -2.08. The van der Waals surface area contributed by atoms with Crippen molar-refractivity contribution in [3.63, 3.8) is 0 Å². The van der Waals surface area contributed by atoms with Crippen LogP contribution in [0.15, 0.2) is 28.9 Å². The van der Waals surface area contributed by atoms with Crippen molar-refractivity contribution in [3.8, 4) is 5.75 Å². The van der Waals surface area contributed by atoms with Crippen molar-refractivity contribution in [2.45, 2.75) is 0 Å². The average molecular weight is 241 g/mol. The van der Waals surface area contributed by atoms with Crippen molar-refractivity contribution in [1.29, 1.82) is 0 Å². The molecule has 0 unspecified atom stereocenters. The summed E-state index contributed by atoms with van der Waals surface area (Å²) in [6.07, 6.45) is 0. The molecule has 1 heterocycles. The Hall–Kier alpha value is -0.960. The minimum absolute atomic E-state index is 0.687. The third-order valence-corrected chi connectivity index (χ3v) is 2.73. The summed E-state index contributed by atoms with van der Waals surface area (Å²) in [7, 11) is 1.66. The van der Waals surface area contributed by atoms with Crippen LogP contribution in [0.3, 0.4) is 0 Å². The summed E-state index contributed by atoms with van der Waals surface area (Å²) in [6.45, 7) is 0.687. The van der Waals surface area contributed by atoms with E-state index in [1.54, 1.807) is 7.11 Å². The zero-order chi connectivity index (χ0) is 9.26. The smallest absolute Gasteiger partial charge is 0.169 e. The topological polar surface area (TPSA) is 18.5 Å². The molecule has 1 aromatic carbocycles. The van der Waals surface area contributed by atoms with Crippen LogP contribution in [0.4, 0.5) is 0 Å². The normalized spacial score (nSPS) is 14.9. The first-order chi connectivity index (χ1) is 6.31. The molecule has 2 rings (SSSR count). The molecule has 1 aliphatic heterocycles. The Morgan fingerprint density at radius 1 is 1.31 bits per heavy atom. The molecular weight excluding hydrogens is 232 g/mol. The van der Waals surface area contributed by atoms with Gasteiger partial charge in [0.15, 0.2) is 4.67 Å². The first-order valence-corrected chi connectivity index (χ1v) is 4.76. The molecule has 0 aliphatic carbocycles. The van der Waals surface area contributed by atoms with Crippen molar-refractivity contribution in [2.75, 3.05) is 13.7 Å². The molecule has 3 heteroatoms. The summed E-state index contributed by atoms with van der Waals surface area (Å²) >= 11 is 3.33. The Morgan fingerprint density at radius 2 is 2.00 bits per heavy atom. The van der Waals surface area contributed by atoms with Crippen LogP contribution in [0.25, 0.3) is 5.57 Å². The number of rotatable bonds is 2. The number of benzene rings is 1. The van der Waals surface area contributed by atoms with Crippen LogP contribution < -0.4 is 4.74 Å². The van der Waals surface area contributed by atoms with Crippen molar-refractivity contribution in [1.82, 2.24) is 0 Å². The highest BCUT2D eigenvalue weighted by Gasteiger charge is 2.17. The van der Waals surface area contributed by atoms with Crippen LogP contribution in [-0.4, -0.2) is 13.7 Å². The highest BCUT2D eigenvalue weighted by atomic mass is 79.9. The SMILES string of the molecule is COc1ccc(C2=C(Br)OC2)cc1. The summed E-state index contributed by atoms with van der Waals surface area (Å²) in [5, 5.41) is 0. The number of halogens is 1. The van der Waals surface area contributed by atoms with E-state index in [0.29, 0.717) is 6.61 Å². The molecule has 0 fully saturated rings. The molecule has 0 radical (unpaired) electrons. The third kappa shape index (κ3) is 1.56. The van der Waals surface area contributed by atoms with Gasteiger partial charge in [0, 0.05) is 5.57 Å². The van der Waals surface area contributed by atoms with E-state index >= 15 is 0 Å². The molecule has 0 amide bonds. The molecule has 68 valence electrons. The van der Waals surface area contributed by atoms with Crippen LogP contribution in [-0.2, 0) is 4.74 Å². The molecule has 0 N–H and O–H groups in total.